The van der Waals surface area contributed by atoms with Crippen LogP contribution in [0.1, 0.15) is 32.6 Å². The molecule has 2 atom stereocenters. The Kier molecular flexibility index (Phi) is 4.31. The molecule has 98 valence electrons. The predicted molar refractivity (Wildman–Crippen MR) is 72.2 cm³/mol. The molecule has 1 aromatic heterocycles. The van der Waals surface area contributed by atoms with E-state index >= 15 is 0 Å². The monoisotopic (exact) mass is 247 g/mol. The Bertz CT molecular complexity index is 393. The van der Waals surface area contributed by atoms with E-state index < -0.39 is 0 Å². The standard InChI is InChI=1S/C14H21N3O/c1-2-17(11-7-9-16-10-8-11)14(18)12-5-3-4-6-13(12)15/h7-10,12-13H,2-6,15H2,1H3. The minimum absolute atomic E-state index is 0.0159. The molecule has 0 aromatic carbocycles. The highest BCUT2D eigenvalue weighted by Crippen LogP contribution is 2.26. The van der Waals surface area contributed by atoms with E-state index in [1.807, 2.05) is 24.0 Å². The van der Waals surface area contributed by atoms with Gasteiger partial charge in [-0.15, -0.1) is 0 Å². The number of pyridine rings is 1. The molecule has 0 spiro atoms. The number of aromatic nitrogens is 1. The molecule has 4 nitrogen and oxygen atoms in total. The molecule has 0 radical (unpaired) electrons. The first kappa shape index (κ1) is 13.0. The SMILES string of the molecule is CCN(C(=O)C1CCCCC1N)c1ccncc1. The normalized spacial score (nSPS) is 23.7. The summed E-state index contributed by atoms with van der Waals surface area (Å²) in [6, 6.07) is 3.76. The van der Waals surface area contributed by atoms with Gasteiger partial charge in [0, 0.05) is 30.7 Å². The van der Waals surface area contributed by atoms with Gasteiger partial charge >= 0.3 is 0 Å². The molecule has 1 fully saturated rings. The maximum atomic E-state index is 12.6. The van der Waals surface area contributed by atoms with Crippen molar-refractivity contribution in [2.45, 2.75) is 38.6 Å². The van der Waals surface area contributed by atoms with Gasteiger partial charge < -0.3 is 10.6 Å². The lowest BCUT2D eigenvalue weighted by molar-refractivity contribution is -0.123. The summed E-state index contributed by atoms with van der Waals surface area (Å²) in [5.74, 6) is 0.141. The maximum absolute atomic E-state index is 12.6. The third kappa shape index (κ3) is 2.70. The van der Waals surface area contributed by atoms with Gasteiger partial charge in [0.15, 0.2) is 0 Å². The Morgan fingerprint density at radius 2 is 2.06 bits per heavy atom. The van der Waals surface area contributed by atoms with E-state index in [0.29, 0.717) is 6.54 Å². The molecule has 2 N–H and O–H groups in total. The minimum Gasteiger partial charge on any atom is -0.327 e. The molecular formula is C14H21N3O. The average Bonchev–Trinajstić information content (AvgIpc) is 2.41. The van der Waals surface area contributed by atoms with E-state index in [2.05, 4.69) is 4.98 Å². The second kappa shape index (κ2) is 5.96. The average molecular weight is 247 g/mol. The number of hydrogen-bond donors (Lipinski definition) is 1. The number of carbonyl (C=O) groups excluding carboxylic acids is 1. The fourth-order valence-corrected chi connectivity index (χ4v) is 2.66. The van der Waals surface area contributed by atoms with E-state index in [-0.39, 0.29) is 17.9 Å². The summed E-state index contributed by atoms with van der Waals surface area (Å²) in [6.45, 7) is 2.67. The number of rotatable bonds is 3. The van der Waals surface area contributed by atoms with Gasteiger partial charge in [-0.3, -0.25) is 9.78 Å². The van der Waals surface area contributed by atoms with E-state index in [4.69, 9.17) is 5.73 Å². The summed E-state index contributed by atoms with van der Waals surface area (Å²) < 4.78 is 0. The third-order valence-electron chi connectivity index (χ3n) is 3.69. The quantitative estimate of drug-likeness (QED) is 0.888. The Balaban J connectivity index is 2.15. The molecule has 0 bridgehead atoms. The molecule has 2 unspecified atom stereocenters. The minimum atomic E-state index is -0.0214. The molecule has 2 rings (SSSR count). The van der Waals surface area contributed by atoms with E-state index in [1.54, 1.807) is 12.4 Å². The van der Waals surface area contributed by atoms with Crippen molar-refractivity contribution in [1.29, 1.82) is 0 Å². The Hall–Kier alpha value is -1.42. The Morgan fingerprint density at radius 1 is 1.39 bits per heavy atom. The summed E-state index contributed by atoms with van der Waals surface area (Å²) in [7, 11) is 0. The summed E-state index contributed by atoms with van der Waals surface area (Å²) in [6.07, 6.45) is 7.56. The number of amides is 1. The van der Waals surface area contributed by atoms with Gasteiger partial charge in [0.05, 0.1) is 5.92 Å². The molecule has 4 heteroatoms. The number of nitrogens with zero attached hydrogens (tertiary/aromatic N) is 2. The molecule has 1 aliphatic rings. The van der Waals surface area contributed by atoms with Gasteiger partial charge in [0.2, 0.25) is 5.91 Å². The van der Waals surface area contributed by atoms with Gasteiger partial charge in [0.25, 0.3) is 0 Å². The maximum Gasteiger partial charge on any atom is 0.231 e. The predicted octanol–water partition coefficient (Wildman–Crippen LogP) is 1.95. The van der Waals surface area contributed by atoms with Gasteiger partial charge in [0.1, 0.15) is 0 Å². The number of hydrogen-bond acceptors (Lipinski definition) is 3. The molecule has 1 heterocycles. The first-order valence-electron chi connectivity index (χ1n) is 6.71. The van der Waals surface area contributed by atoms with Gasteiger partial charge in [-0.2, -0.15) is 0 Å². The van der Waals surface area contributed by atoms with Crippen molar-refractivity contribution in [3.8, 4) is 0 Å². The zero-order valence-corrected chi connectivity index (χ0v) is 10.9. The molecule has 0 aliphatic heterocycles. The highest BCUT2D eigenvalue weighted by Gasteiger charge is 2.31. The summed E-state index contributed by atoms with van der Waals surface area (Å²) in [5.41, 5.74) is 7.00. The van der Waals surface area contributed by atoms with Crippen molar-refractivity contribution in [2.24, 2.45) is 11.7 Å². The highest BCUT2D eigenvalue weighted by atomic mass is 16.2. The van der Waals surface area contributed by atoms with E-state index in [9.17, 15) is 4.79 Å². The van der Waals surface area contributed by atoms with E-state index in [1.165, 1.54) is 0 Å². The molecule has 1 aromatic rings. The van der Waals surface area contributed by atoms with Gasteiger partial charge in [-0.25, -0.2) is 0 Å². The van der Waals surface area contributed by atoms with Crippen LogP contribution in [0.3, 0.4) is 0 Å². The van der Waals surface area contributed by atoms with Gasteiger partial charge in [-0.1, -0.05) is 12.8 Å². The van der Waals surface area contributed by atoms with Crippen LogP contribution in [-0.4, -0.2) is 23.5 Å². The Labute approximate surface area is 108 Å². The van der Waals surface area contributed by atoms with Crippen molar-refractivity contribution in [3.05, 3.63) is 24.5 Å². The first-order chi connectivity index (χ1) is 8.74. The van der Waals surface area contributed by atoms with Gasteiger partial charge in [-0.05, 0) is 31.9 Å². The topological polar surface area (TPSA) is 59.2 Å². The summed E-state index contributed by atoms with van der Waals surface area (Å²) >= 11 is 0. The molecule has 18 heavy (non-hydrogen) atoms. The smallest absolute Gasteiger partial charge is 0.231 e. The molecule has 1 amide bonds. The zero-order chi connectivity index (χ0) is 13.0. The van der Waals surface area contributed by atoms with Crippen LogP contribution in [0, 0.1) is 5.92 Å². The lowest BCUT2D eigenvalue weighted by Gasteiger charge is -2.32. The van der Waals surface area contributed by atoms with Crippen LogP contribution in [-0.2, 0) is 4.79 Å². The largest absolute Gasteiger partial charge is 0.327 e. The van der Waals surface area contributed by atoms with Crippen molar-refractivity contribution < 1.29 is 4.79 Å². The van der Waals surface area contributed by atoms with Crippen LogP contribution in [0.15, 0.2) is 24.5 Å². The fraction of sp³-hybridized carbons (Fsp3) is 0.571. The second-order valence-electron chi connectivity index (χ2n) is 4.84. The van der Waals surface area contributed by atoms with Crippen molar-refractivity contribution in [1.82, 2.24) is 4.98 Å². The highest BCUT2D eigenvalue weighted by molar-refractivity contribution is 5.95. The fourth-order valence-electron chi connectivity index (χ4n) is 2.66. The summed E-state index contributed by atoms with van der Waals surface area (Å²) in [5, 5.41) is 0. The Morgan fingerprint density at radius 3 is 2.67 bits per heavy atom. The number of carbonyl (C=O) groups is 1. The first-order valence-corrected chi connectivity index (χ1v) is 6.71. The zero-order valence-electron chi connectivity index (χ0n) is 10.9. The van der Waals surface area contributed by atoms with E-state index in [0.717, 1.165) is 31.4 Å². The van der Waals surface area contributed by atoms with Crippen LogP contribution in [0.2, 0.25) is 0 Å². The van der Waals surface area contributed by atoms with Crippen LogP contribution in [0.25, 0.3) is 0 Å². The molecular weight excluding hydrogens is 226 g/mol. The van der Waals surface area contributed by atoms with Crippen LogP contribution >= 0.6 is 0 Å². The molecule has 0 saturated heterocycles. The second-order valence-corrected chi connectivity index (χ2v) is 4.84. The lowest BCUT2D eigenvalue weighted by Crippen LogP contribution is -2.45. The summed E-state index contributed by atoms with van der Waals surface area (Å²) in [4.78, 5) is 18.4. The number of anilines is 1. The van der Waals surface area contributed by atoms with Crippen molar-refractivity contribution in [2.75, 3.05) is 11.4 Å². The van der Waals surface area contributed by atoms with Crippen LogP contribution in [0.5, 0.6) is 0 Å². The van der Waals surface area contributed by atoms with Crippen LogP contribution in [0.4, 0.5) is 5.69 Å². The third-order valence-corrected chi connectivity index (χ3v) is 3.69. The number of nitrogens with two attached hydrogens (primary N) is 1. The van der Waals surface area contributed by atoms with Crippen molar-refractivity contribution >= 4 is 11.6 Å². The van der Waals surface area contributed by atoms with Crippen LogP contribution < -0.4 is 10.6 Å². The molecule has 1 saturated carbocycles. The van der Waals surface area contributed by atoms with Crippen molar-refractivity contribution in [3.63, 3.8) is 0 Å². The lowest BCUT2D eigenvalue weighted by atomic mass is 9.84. The molecule has 1 aliphatic carbocycles.